The van der Waals surface area contributed by atoms with Crippen LogP contribution in [0, 0.1) is 0 Å². The summed E-state index contributed by atoms with van der Waals surface area (Å²) in [5.74, 6) is -0.977. The Morgan fingerprint density at radius 3 is 2.31 bits per heavy atom. The molecule has 1 aromatic heterocycles. The number of nitrogens with one attached hydrogen (secondary N) is 3. The average Bonchev–Trinajstić information content (AvgIpc) is 3.30. The monoisotopic (exact) mass is 545 g/mol. The highest BCUT2D eigenvalue weighted by Gasteiger charge is 2.22. The summed E-state index contributed by atoms with van der Waals surface area (Å²) in [6, 6.07) is 15.4. The van der Waals surface area contributed by atoms with Gasteiger partial charge in [0.25, 0.3) is 5.91 Å². The molecular formula is C26H25Cl2N3O4S. The smallest absolute Gasteiger partial charge is 0.325 e. The second kappa shape index (κ2) is 12.3. The van der Waals surface area contributed by atoms with Crippen LogP contribution in [0.5, 0.6) is 0 Å². The number of carbonyl (C=O) groups excluding carboxylic acids is 3. The molecule has 0 radical (unpaired) electrons. The van der Waals surface area contributed by atoms with Gasteiger partial charge < -0.3 is 15.4 Å². The van der Waals surface area contributed by atoms with Crippen molar-refractivity contribution in [3.8, 4) is 10.4 Å². The molecule has 1 saturated carbocycles. The standard InChI is InChI=1S/C26H25Cl2N3O4S/c27-19-12-7-13-20(28)23(19)30-26(34)31-25-18(14-21(36-25)16-8-3-1-4-9-16)24(33)29-15-22(32)35-17-10-5-2-6-11-17/h1,3-4,7-9,12-14,17H,2,5-6,10-11,15H2,(H,29,33)(H2,30,31,34). The van der Waals surface area contributed by atoms with Crippen LogP contribution < -0.4 is 16.0 Å². The first-order valence-electron chi connectivity index (χ1n) is 11.6. The SMILES string of the molecule is O=C(Nc1sc(-c2ccccc2)cc1C(=O)NCC(=O)OC1CCCCC1)Nc1c(Cl)cccc1Cl. The fraction of sp³-hybridized carbons (Fsp3) is 0.269. The number of urea groups is 1. The molecule has 4 rings (SSSR count). The highest BCUT2D eigenvalue weighted by Crippen LogP contribution is 2.36. The van der Waals surface area contributed by atoms with Gasteiger partial charge in [-0.15, -0.1) is 11.3 Å². The molecule has 188 valence electrons. The molecule has 2 aromatic carbocycles. The summed E-state index contributed by atoms with van der Waals surface area (Å²) in [7, 11) is 0. The van der Waals surface area contributed by atoms with E-state index in [1.165, 1.54) is 11.3 Å². The fourth-order valence-electron chi connectivity index (χ4n) is 3.92. The van der Waals surface area contributed by atoms with E-state index in [1.807, 2.05) is 30.3 Å². The van der Waals surface area contributed by atoms with Crippen LogP contribution in [0.2, 0.25) is 10.0 Å². The molecule has 36 heavy (non-hydrogen) atoms. The molecule has 1 aliphatic carbocycles. The van der Waals surface area contributed by atoms with Gasteiger partial charge in [-0.2, -0.15) is 0 Å². The lowest BCUT2D eigenvalue weighted by Gasteiger charge is -2.21. The maximum atomic E-state index is 13.0. The number of benzene rings is 2. The van der Waals surface area contributed by atoms with E-state index in [-0.39, 0.29) is 33.9 Å². The second-order valence-corrected chi connectivity index (χ2v) is 10.2. The minimum Gasteiger partial charge on any atom is -0.461 e. The predicted molar refractivity (Wildman–Crippen MR) is 144 cm³/mol. The molecule has 10 heteroatoms. The zero-order valence-electron chi connectivity index (χ0n) is 19.3. The Balaban J connectivity index is 1.48. The Morgan fingerprint density at radius 1 is 0.917 bits per heavy atom. The lowest BCUT2D eigenvalue weighted by molar-refractivity contribution is -0.149. The molecule has 1 aliphatic rings. The molecule has 0 bridgehead atoms. The van der Waals surface area contributed by atoms with Gasteiger partial charge in [0, 0.05) is 4.88 Å². The van der Waals surface area contributed by atoms with Crippen molar-refractivity contribution in [2.24, 2.45) is 0 Å². The molecule has 3 N–H and O–H groups in total. The normalized spacial score (nSPS) is 13.6. The third-order valence-electron chi connectivity index (χ3n) is 5.71. The van der Waals surface area contributed by atoms with Gasteiger partial charge in [0.05, 0.1) is 21.3 Å². The molecule has 0 saturated heterocycles. The van der Waals surface area contributed by atoms with Gasteiger partial charge in [0.2, 0.25) is 0 Å². The van der Waals surface area contributed by atoms with E-state index in [9.17, 15) is 14.4 Å². The minimum absolute atomic E-state index is 0.0912. The van der Waals surface area contributed by atoms with Gasteiger partial charge >= 0.3 is 12.0 Å². The summed E-state index contributed by atoms with van der Waals surface area (Å²) in [4.78, 5) is 38.8. The molecule has 3 aromatic rings. The summed E-state index contributed by atoms with van der Waals surface area (Å²) in [5.41, 5.74) is 1.37. The second-order valence-electron chi connectivity index (χ2n) is 8.33. The van der Waals surface area contributed by atoms with Crippen LogP contribution in [-0.2, 0) is 9.53 Å². The van der Waals surface area contributed by atoms with Gasteiger partial charge in [0.15, 0.2) is 0 Å². The number of ether oxygens (including phenoxy) is 1. The fourth-order valence-corrected chi connectivity index (χ4v) is 5.47. The van der Waals surface area contributed by atoms with Gasteiger partial charge in [-0.05, 0) is 49.4 Å². The van der Waals surface area contributed by atoms with Crippen molar-refractivity contribution < 1.29 is 19.1 Å². The average molecular weight is 546 g/mol. The quantitative estimate of drug-likeness (QED) is 0.279. The zero-order valence-corrected chi connectivity index (χ0v) is 21.6. The van der Waals surface area contributed by atoms with Crippen molar-refractivity contribution >= 4 is 63.1 Å². The van der Waals surface area contributed by atoms with E-state index in [2.05, 4.69) is 16.0 Å². The lowest BCUT2D eigenvalue weighted by atomic mass is 9.98. The maximum absolute atomic E-state index is 13.0. The summed E-state index contributed by atoms with van der Waals surface area (Å²) in [6.07, 6.45) is 4.84. The Hall–Kier alpha value is -3.07. The van der Waals surface area contributed by atoms with E-state index < -0.39 is 17.9 Å². The predicted octanol–water partition coefficient (Wildman–Crippen LogP) is 6.97. The minimum atomic E-state index is -0.614. The number of amides is 3. The zero-order chi connectivity index (χ0) is 25.5. The van der Waals surface area contributed by atoms with E-state index in [0.717, 1.165) is 42.5 Å². The van der Waals surface area contributed by atoms with Crippen LogP contribution in [-0.4, -0.2) is 30.6 Å². The van der Waals surface area contributed by atoms with Crippen molar-refractivity contribution in [1.82, 2.24) is 5.32 Å². The van der Waals surface area contributed by atoms with Crippen molar-refractivity contribution in [2.45, 2.75) is 38.2 Å². The first-order valence-corrected chi connectivity index (χ1v) is 13.2. The Bertz CT molecular complexity index is 1220. The van der Waals surface area contributed by atoms with Crippen LogP contribution >= 0.6 is 34.5 Å². The number of hydrogen-bond acceptors (Lipinski definition) is 5. The molecule has 1 heterocycles. The topological polar surface area (TPSA) is 96.5 Å². The molecule has 3 amide bonds. The number of thiophene rings is 1. The third-order valence-corrected chi connectivity index (χ3v) is 7.44. The molecule has 0 spiro atoms. The number of anilines is 2. The van der Waals surface area contributed by atoms with E-state index in [0.29, 0.717) is 5.00 Å². The van der Waals surface area contributed by atoms with E-state index in [1.54, 1.807) is 24.3 Å². The van der Waals surface area contributed by atoms with Gasteiger partial charge in [-0.25, -0.2) is 4.79 Å². The maximum Gasteiger partial charge on any atom is 0.325 e. The summed E-state index contributed by atoms with van der Waals surface area (Å²) < 4.78 is 5.48. The van der Waals surface area contributed by atoms with Gasteiger partial charge in [0.1, 0.15) is 17.6 Å². The third kappa shape index (κ3) is 6.78. The molecule has 0 unspecified atom stereocenters. The lowest BCUT2D eigenvalue weighted by Crippen LogP contribution is -2.33. The Kier molecular flexibility index (Phi) is 8.85. The van der Waals surface area contributed by atoms with Gasteiger partial charge in [-0.1, -0.05) is 66.0 Å². The number of para-hydroxylation sites is 1. The van der Waals surface area contributed by atoms with Crippen LogP contribution in [0.15, 0.2) is 54.6 Å². The summed E-state index contributed by atoms with van der Waals surface area (Å²) in [5, 5.41) is 8.82. The number of carbonyl (C=O) groups is 3. The van der Waals surface area contributed by atoms with Crippen molar-refractivity contribution in [2.75, 3.05) is 17.2 Å². The molecule has 1 fully saturated rings. The molecule has 0 atom stereocenters. The largest absolute Gasteiger partial charge is 0.461 e. The van der Waals surface area contributed by atoms with Crippen LogP contribution in [0.4, 0.5) is 15.5 Å². The van der Waals surface area contributed by atoms with Crippen LogP contribution in [0.1, 0.15) is 42.5 Å². The Morgan fingerprint density at radius 2 is 1.61 bits per heavy atom. The number of rotatable bonds is 7. The summed E-state index contributed by atoms with van der Waals surface area (Å²) in [6.45, 7) is -0.257. The van der Waals surface area contributed by atoms with E-state index >= 15 is 0 Å². The van der Waals surface area contributed by atoms with Crippen molar-refractivity contribution in [3.63, 3.8) is 0 Å². The first-order chi connectivity index (χ1) is 17.4. The highest BCUT2D eigenvalue weighted by molar-refractivity contribution is 7.20. The number of hydrogen-bond donors (Lipinski definition) is 3. The molecule has 7 nitrogen and oxygen atoms in total. The van der Waals surface area contributed by atoms with Crippen molar-refractivity contribution in [1.29, 1.82) is 0 Å². The van der Waals surface area contributed by atoms with Crippen LogP contribution in [0.3, 0.4) is 0 Å². The molecule has 0 aliphatic heterocycles. The summed E-state index contributed by atoms with van der Waals surface area (Å²) >= 11 is 13.5. The number of esters is 1. The molecular weight excluding hydrogens is 521 g/mol. The van der Waals surface area contributed by atoms with Crippen LogP contribution in [0.25, 0.3) is 10.4 Å². The number of halogens is 2. The van der Waals surface area contributed by atoms with E-state index in [4.69, 9.17) is 27.9 Å². The van der Waals surface area contributed by atoms with Crippen molar-refractivity contribution in [3.05, 3.63) is 70.2 Å². The highest BCUT2D eigenvalue weighted by atomic mass is 35.5. The Labute approximate surface area is 223 Å². The first kappa shape index (κ1) is 26.0. The van der Waals surface area contributed by atoms with Gasteiger partial charge in [-0.3, -0.25) is 14.9 Å².